The van der Waals surface area contributed by atoms with Crippen LogP contribution in [-0.2, 0) is 16.0 Å². The van der Waals surface area contributed by atoms with E-state index in [4.69, 9.17) is 16.2 Å². The summed E-state index contributed by atoms with van der Waals surface area (Å²) in [7, 11) is 0. The highest BCUT2D eigenvalue weighted by Crippen LogP contribution is 2.34. The molecular formula is C13H17N3O3. The molecule has 1 aliphatic heterocycles. The van der Waals surface area contributed by atoms with E-state index in [0.29, 0.717) is 24.4 Å². The molecule has 1 heterocycles. The molecule has 0 aromatic heterocycles. The number of ether oxygens (including phenoxy) is 1. The molecular weight excluding hydrogens is 246 g/mol. The fourth-order valence-electron chi connectivity index (χ4n) is 2.09. The SMILES string of the molecule is CC1Oc2ccc(CCN)cc2N(CC(N)=O)C1=O. The molecule has 0 fully saturated rings. The van der Waals surface area contributed by atoms with Gasteiger partial charge in [0.05, 0.1) is 5.69 Å². The summed E-state index contributed by atoms with van der Waals surface area (Å²) >= 11 is 0. The number of fused-ring (bicyclic) bond motifs is 1. The zero-order valence-electron chi connectivity index (χ0n) is 10.8. The van der Waals surface area contributed by atoms with Gasteiger partial charge < -0.3 is 16.2 Å². The Labute approximate surface area is 111 Å². The van der Waals surface area contributed by atoms with Gasteiger partial charge in [-0.2, -0.15) is 0 Å². The van der Waals surface area contributed by atoms with E-state index in [0.717, 1.165) is 5.56 Å². The second-order valence-electron chi connectivity index (χ2n) is 4.49. The minimum absolute atomic E-state index is 0.147. The number of nitrogens with two attached hydrogens (primary N) is 2. The van der Waals surface area contributed by atoms with E-state index < -0.39 is 12.0 Å². The van der Waals surface area contributed by atoms with Crippen molar-refractivity contribution in [2.24, 2.45) is 11.5 Å². The van der Waals surface area contributed by atoms with E-state index in [2.05, 4.69) is 0 Å². The first kappa shape index (κ1) is 13.4. The van der Waals surface area contributed by atoms with Crippen molar-refractivity contribution in [3.63, 3.8) is 0 Å². The van der Waals surface area contributed by atoms with Crippen molar-refractivity contribution in [2.75, 3.05) is 18.0 Å². The van der Waals surface area contributed by atoms with E-state index in [9.17, 15) is 9.59 Å². The number of rotatable bonds is 4. The van der Waals surface area contributed by atoms with Crippen LogP contribution in [0.3, 0.4) is 0 Å². The standard InChI is InChI=1S/C13H17N3O3/c1-8-13(18)16(7-12(15)17)10-6-9(4-5-14)2-3-11(10)19-8/h2-3,6,8H,4-5,7,14H2,1H3,(H2,15,17). The highest BCUT2D eigenvalue weighted by atomic mass is 16.5. The number of amides is 2. The molecule has 6 heteroatoms. The number of anilines is 1. The molecule has 0 radical (unpaired) electrons. The summed E-state index contributed by atoms with van der Waals surface area (Å²) in [5.41, 5.74) is 12.3. The van der Waals surface area contributed by atoms with Crippen LogP contribution < -0.4 is 21.1 Å². The molecule has 1 aliphatic rings. The van der Waals surface area contributed by atoms with E-state index in [-0.39, 0.29) is 12.5 Å². The van der Waals surface area contributed by atoms with Crippen molar-refractivity contribution in [3.05, 3.63) is 23.8 Å². The van der Waals surface area contributed by atoms with Crippen LogP contribution in [-0.4, -0.2) is 31.0 Å². The molecule has 0 bridgehead atoms. The van der Waals surface area contributed by atoms with E-state index in [1.54, 1.807) is 13.0 Å². The van der Waals surface area contributed by atoms with E-state index in [1.165, 1.54) is 4.90 Å². The summed E-state index contributed by atoms with van der Waals surface area (Å²) in [6, 6.07) is 5.50. The van der Waals surface area contributed by atoms with Crippen molar-refractivity contribution in [3.8, 4) is 5.75 Å². The molecule has 1 unspecified atom stereocenters. The van der Waals surface area contributed by atoms with Gasteiger partial charge in [0.1, 0.15) is 12.3 Å². The Kier molecular flexibility index (Phi) is 3.71. The van der Waals surface area contributed by atoms with Crippen LogP contribution in [0.4, 0.5) is 5.69 Å². The van der Waals surface area contributed by atoms with E-state index in [1.807, 2.05) is 12.1 Å². The van der Waals surface area contributed by atoms with Crippen LogP contribution in [0, 0.1) is 0 Å². The summed E-state index contributed by atoms with van der Waals surface area (Å²) in [6.07, 6.45) is 0.0775. The fourth-order valence-corrected chi connectivity index (χ4v) is 2.09. The first-order valence-electron chi connectivity index (χ1n) is 6.12. The average Bonchev–Trinajstić information content (AvgIpc) is 2.36. The Morgan fingerprint density at radius 3 is 2.84 bits per heavy atom. The summed E-state index contributed by atoms with van der Waals surface area (Å²) in [5.74, 6) is -0.247. The molecule has 4 N–H and O–H groups in total. The molecule has 0 saturated carbocycles. The molecule has 2 amide bonds. The largest absolute Gasteiger partial charge is 0.479 e. The maximum atomic E-state index is 12.1. The summed E-state index contributed by atoms with van der Waals surface area (Å²) in [4.78, 5) is 24.5. The molecule has 1 aromatic rings. The normalized spacial score (nSPS) is 17.9. The maximum Gasteiger partial charge on any atom is 0.268 e. The number of nitrogens with zero attached hydrogens (tertiary/aromatic N) is 1. The average molecular weight is 263 g/mol. The molecule has 19 heavy (non-hydrogen) atoms. The Hall–Kier alpha value is -2.08. The Bertz CT molecular complexity index is 516. The van der Waals surface area contributed by atoms with Crippen LogP contribution >= 0.6 is 0 Å². The van der Waals surface area contributed by atoms with Gasteiger partial charge in [-0.3, -0.25) is 14.5 Å². The molecule has 2 rings (SSSR count). The number of carbonyl (C=O) groups excluding carboxylic acids is 2. The van der Waals surface area contributed by atoms with Crippen LogP contribution in [0.1, 0.15) is 12.5 Å². The van der Waals surface area contributed by atoms with Gasteiger partial charge in [0.2, 0.25) is 5.91 Å². The van der Waals surface area contributed by atoms with Gasteiger partial charge in [0.15, 0.2) is 6.10 Å². The number of primary amides is 1. The maximum absolute atomic E-state index is 12.1. The monoisotopic (exact) mass is 263 g/mol. The smallest absolute Gasteiger partial charge is 0.268 e. The minimum Gasteiger partial charge on any atom is -0.479 e. The molecule has 0 saturated heterocycles. The number of hydrogen-bond donors (Lipinski definition) is 2. The summed E-state index contributed by atoms with van der Waals surface area (Å²) in [5, 5.41) is 0. The van der Waals surface area contributed by atoms with Gasteiger partial charge in [-0.1, -0.05) is 6.07 Å². The third-order valence-electron chi connectivity index (χ3n) is 2.98. The Morgan fingerprint density at radius 1 is 1.47 bits per heavy atom. The second-order valence-corrected chi connectivity index (χ2v) is 4.49. The molecule has 0 spiro atoms. The number of benzene rings is 1. The zero-order chi connectivity index (χ0) is 14.0. The van der Waals surface area contributed by atoms with E-state index >= 15 is 0 Å². The summed E-state index contributed by atoms with van der Waals surface area (Å²) < 4.78 is 5.51. The Morgan fingerprint density at radius 2 is 2.21 bits per heavy atom. The number of hydrogen-bond acceptors (Lipinski definition) is 4. The quantitative estimate of drug-likeness (QED) is 0.785. The lowest BCUT2D eigenvalue weighted by Crippen LogP contribution is -2.48. The Balaban J connectivity index is 2.41. The molecule has 1 atom stereocenters. The van der Waals surface area contributed by atoms with Gasteiger partial charge in [0, 0.05) is 0 Å². The van der Waals surface area contributed by atoms with Crippen molar-refractivity contribution in [1.29, 1.82) is 0 Å². The lowest BCUT2D eigenvalue weighted by molar-refractivity contribution is -0.127. The third kappa shape index (κ3) is 2.68. The highest BCUT2D eigenvalue weighted by Gasteiger charge is 2.32. The molecule has 102 valence electrons. The van der Waals surface area contributed by atoms with Crippen LogP contribution in [0.2, 0.25) is 0 Å². The highest BCUT2D eigenvalue weighted by molar-refractivity contribution is 6.03. The van der Waals surface area contributed by atoms with Gasteiger partial charge >= 0.3 is 0 Å². The van der Waals surface area contributed by atoms with Gasteiger partial charge in [0.25, 0.3) is 5.91 Å². The molecule has 1 aromatic carbocycles. The molecule has 0 aliphatic carbocycles. The molecule has 6 nitrogen and oxygen atoms in total. The lowest BCUT2D eigenvalue weighted by Gasteiger charge is -2.32. The first-order valence-corrected chi connectivity index (χ1v) is 6.12. The zero-order valence-corrected chi connectivity index (χ0v) is 10.8. The predicted octanol–water partition coefficient (Wildman–Crippen LogP) is -0.213. The van der Waals surface area contributed by atoms with Gasteiger partial charge in [-0.05, 0) is 37.6 Å². The third-order valence-corrected chi connectivity index (χ3v) is 2.98. The van der Waals surface area contributed by atoms with Crippen LogP contribution in [0.15, 0.2) is 18.2 Å². The summed E-state index contributed by atoms with van der Waals surface area (Å²) in [6.45, 7) is 2.01. The van der Waals surface area contributed by atoms with Crippen molar-refractivity contribution < 1.29 is 14.3 Å². The predicted molar refractivity (Wildman–Crippen MR) is 70.8 cm³/mol. The second kappa shape index (κ2) is 5.27. The van der Waals surface area contributed by atoms with Crippen LogP contribution in [0.5, 0.6) is 5.75 Å². The van der Waals surface area contributed by atoms with Crippen LogP contribution in [0.25, 0.3) is 0 Å². The topological polar surface area (TPSA) is 98.7 Å². The van der Waals surface area contributed by atoms with Gasteiger partial charge in [-0.15, -0.1) is 0 Å². The van der Waals surface area contributed by atoms with Crippen molar-refractivity contribution in [1.82, 2.24) is 0 Å². The minimum atomic E-state index is -0.618. The fraction of sp³-hybridized carbons (Fsp3) is 0.385. The van der Waals surface area contributed by atoms with Gasteiger partial charge in [-0.25, -0.2) is 0 Å². The first-order chi connectivity index (χ1) is 9.02. The number of carbonyl (C=O) groups is 2. The van der Waals surface area contributed by atoms with Crippen molar-refractivity contribution in [2.45, 2.75) is 19.4 Å². The lowest BCUT2D eigenvalue weighted by atomic mass is 10.1. The van der Waals surface area contributed by atoms with Crippen molar-refractivity contribution >= 4 is 17.5 Å².